The van der Waals surface area contributed by atoms with Crippen LogP contribution in [-0.2, 0) is 20.8 Å². The lowest BCUT2D eigenvalue weighted by Gasteiger charge is -2.30. The van der Waals surface area contributed by atoms with Gasteiger partial charge in [0.25, 0.3) is 5.91 Å². The number of hydroxylamine groups is 2. The highest BCUT2D eigenvalue weighted by Gasteiger charge is 2.39. The maximum absolute atomic E-state index is 13.3. The van der Waals surface area contributed by atoms with Crippen LogP contribution in [0.15, 0.2) is 0 Å². The zero-order valence-electron chi connectivity index (χ0n) is 20.0. The van der Waals surface area contributed by atoms with Crippen LogP contribution in [0.1, 0.15) is 61.9 Å². The second kappa shape index (κ2) is 12.0. The number of aromatic amines is 1. The zero-order chi connectivity index (χ0) is 24.7. The van der Waals surface area contributed by atoms with Gasteiger partial charge in [0.15, 0.2) is 0 Å². The van der Waals surface area contributed by atoms with Crippen LogP contribution in [0.4, 0.5) is 4.79 Å². The molecule has 5 amide bonds. The van der Waals surface area contributed by atoms with E-state index in [-0.39, 0.29) is 12.5 Å². The maximum Gasteiger partial charge on any atom is 0.321 e. The van der Waals surface area contributed by atoms with Crippen LogP contribution in [0.3, 0.4) is 0 Å². The Hall–Kier alpha value is -2.95. The van der Waals surface area contributed by atoms with Crippen molar-refractivity contribution >= 4 is 24.3 Å². The molecule has 1 aromatic heterocycles. The third-order valence-electron chi connectivity index (χ3n) is 6.99. The molecular formula is C23H36N6O5. The Morgan fingerprint density at radius 3 is 2.62 bits per heavy atom. The highest BCUT2D eigenvalue weighted by Crippen LogP contribution is 2.32. The number of likely N-dealkylation sites (tertiary alicyclic amines) is 1. The lowest BCUT2D eigenvalue weighted by Crippen LogP contribution is -2.52. The fourth-order valence-electron chi connectivity index (χ4n) is 5.19. The molecule has 0 bridgehead atoms. The number of nitrogens with zero attached hydrogens (tertiary/aromatic N) is 3. The number of carbonyl (C=O) groups excluding carboxylic acids is 4. The Balaban J connectivity index is 1.55. The second-order valence-corrected chi connectivity index (χ2v) is 9.41. The van der Waals surface area contributed by atoms with E-state index in [0.717, 1.165) is 42.6 Å². The molecule has 11 nitrogen and oxygen atoms in total. The Labute approximate surface area is 199 Å². The van der Waals surface area contributed by atoms with E-state index in [1.54, 1.807) is 0 Å². The summed E-state index contributed by atoms with van der Waals surface area (Å²) >= 11 is 0. The van der Waals surface area contributed by atoms with Gasteiger partial charge in [0.2, 0.25) is 12.3 Å². The molecule has 11 heteroatoms. The van der Waals surface area contributed by atoms with E-state index in [0.29, 0.717) is 56.2 Å². The molecule has 2 aliphatic rings. The molecule has 34 heavy (non-hydrogen) atoms. The average Bonchev–Trinajstić information content (AvgIpc) is 3.56. The molecule has 0 aromatic carbocycles. The largest absolute Gasteiger partial charge is 0.337 e. The first-order valence-corrected chi connectivity index (χ1v) is 12.1. The minimum atomic E-state index is -0.744. The summed E-state index contributed by atoms with van der Waals surface area (Å²) in [6, 6.07) is -1.35. The smallest absolute Gasteiger partial charge is 0.321 e. The molecule has 188 valence electrons. The summed E-state index contributed by atoms with van der Waals surface area (Å²) in [6.45, 7) is 4.45. The summed E-state index contributed by atoms with van der Waals surface area (Å²) in [5.41, 5.74) is 2.85. The normalized spacial score (nSPS) is 19.1. The molecule has 3 rings (SSSR count). The zero-order valence-corrected chi connectivity index (χ0v) is 20.0. The standard InChI is InChI=1S/C23H36N6O5/c1-15-19(16(2)27-26-15)9-10-24-23(33)25-21(31)20-8-5-11-29(20)22(32)18(13-28(34)14-30)12-17-6-3-4-7-17/h14,17-18,20,34H,3-13H2,1-2H3,(H,26,27)(H2,24,25,31,33)/t18-,20+/m1/s1. The van der Waals surface area contributed by atoms with Gasteiger partial charge >= 0.3 is 6.03 Å². The number of H-pyrrole nitrogens is 1. The lowest BCUT2D eigenvalue weighted by atomic mass is 9.91. The Morgan fingerprint density at radius 2 is 1.97 bits per heavy atom. The summed E-state index contributed by atoms with van der Waals surface area (Å²) in [5, 5.41) is 22.3. The predicted molar refractivity (Wildman–Crippen MR) is 123 cm³/mol. The van der Waals surface area contributed by atoms with Crippen molar-refractivity contribution in [1.82, 2.24) is 30.8 Å². The van der Waals surface area contributed by atoms with E-state index in [9.17, 15) is 24.4 Å². The third-order valence-corrected chi connectivity index (χ3v) is 6.99. The van der Waals surface area contributed by atoms with Crippen molar-refractivity contribution < 1.29 is 24.4 Å². The summed E-state index contributed by atoms with van der Waals surface area (Å²) < 4.78 is 0. The Morgan fingerprint density at radius 1 is 1.24 bits per heavy atom. The van der Waals surface area contributed by atoms with Crippen LogP contribution in [0.5, 0.6) is 0 Å². The van der Waals surface area contributed by atoms with Crippen LogP contribution in [-0.4, -0.2) is 75.3 Å². The van der Waals surface area contributed by atoms with Gasteiger partial charge < -0.3 is 10.2 Å². The number of hydrogen-bond acceptors (Lipinski definition) is 6. The summed E-state index contributed by atoms with van der Waals surface area (Å²) in [4.78, 5) is 50.9. The van der Waals surface area contributed by atoms with Crippen molar-refractivity contribution in [3.05, 3.63) is 17.0 Å². The average molecular weight is 477 g/mol. The summed E-state index contributed by atoms with van der Waals surface area (Å²) in [5.74, 6) is -0.981. The van der Waals surface area contributed by atoms with Crippen molar-refractivity contribution in [1.29, 1.82) is 0 Å². The van der Waals surface area contributed by atoms with E-state index in [1.165, 1.54) is 4.90 Å². The Bertz CT molecular complexity index is 862. The minimum Gasteiger partial charge on any atom is -0.337 e. The maximum atomic E-state index is 13.3. The second-order valence-electron chi connectivity index (χ2n) is 9.41. The number of amides is 5. The van der Waals surface area contributed by atoms with E-state index in [2.05, 4.69) is 20.8 Å². The number of urea groups is 1. The molecular weight excluding hydrogens is 440 g/mol. The first kappa shape index (κ1) is 25.7. The van der Waals surface area contributed by atoms with Gasteiger partial charge in [-0.1, -0.05) is 25.7 Å². The summed E-state index contributed by atoms with van der Waals surface area (Å²) in [6.07, 6.45) is 6.85. The molecule has 0 radical (unpaired) electrons. The number of hydrogen-bond donors (Lipinski definition) is 4. The number of nitrogens with one attached hydrogen (secondary N) is 3. The van der Waals surface area contributed by atoms with E-state index >= 15 is 0 Å². The van der Waals surface area contributed by atoms with Gasteiger partial charge in [-0.3, -0.25) is 30.0 Å². The molecule has 1 aliphatic carbocycles. The molecule has 2 atom stereocenters. The van der Waals surface area contributed by atoms with Gasteiger partial charge in [0.05, 0.1) is 18.2 Å². The topological polar surface area (TPSA) is 148 Å². The number of aryl methyl sites for hydroxylation is 2. The van der Waals surface area contributed by atoms with E-state index < -0.39 is 23.9 Å². The fourth-order valence-corrected chi connectivity index (χ4v) is 5.19. The molecule has 4 N–H and O–H groups in total. The van der Waals surface area contributed by atoms with E-state index in [1.807, 2.05) is 13.8 Å². The van der Waals surface area contributed by atoms with Crippen LogP contribution in [0.25, 0.3) is 0 Å². The van der Waals surface area contributed by atoms with Crippen LogP contribution < -0.4 is 10.6 Å². The van der Waals surface area contributed by atoms with Gasteiger partial charge in [-0.25, -0.2) is 9.86 Å². The van der Waals surface area contributed by atoms with Crippen molar-refractivity contribution in [2.24, 2.45) is 11.8 Å². The van der Waals surface area contributed by atoms with Crippen LogP contribution >= 0.6 is 0 Å². The predicted octanol–water partition coefficient (Wildman–Crippen LogP) is 1.43. The lowest BCUT2D eigenvalue weighted by molar-refractivity contribution is -0.158. The molecule has 2 fully saturated rings. The first-order valence-electron chi connectivity index (χ1n) is 12.1. The summed E-state index contributed by atoms with van der Waals surface area (Å²) in [7, 11) is 0. The minimum absolute atomic E-state index is 0.100. The molecule has 1 aliphatic heterocycles. The SMILES string of the molecule is Cc1n[nH]c(C)c1CCNC(=O)NC(=O)[C@@H]1CCCN1C(=O)[C@H](CC1CCCC1)CN(O)C=O. The van der Waals surface area contributed by atoms with Gasteiger partial charge in [-0.15, -0.1) is 0 Å². The van der Waals surface area contributed by atoms with Crippen LogP contribution in [0.2, 0.25) is 0 Å². The van der Waals surface area contributed by atoms with Gasteiger partial charge in [0.1, 0.15) is 6.04 Å². The molecule has 2 heterocycles. The van der Waals surface area contributed by atoms with E-state index in [4.69, 9.17) is 0 Å². The van der Waals surface area contributed by atoms with Crippen molar-refractivity contribution in [3.8, 4) is 0 Å². The first-order chi connectivity index (χ1) is 16.3. The van der Waals surface area contributed by atoms with Gasteiger partial charge in [0, 0.05) is 18.8 Å². The highest BCUT2D eigenvalue weighted by atomic mass is 16.5. The van der Waals surface area contributed by atoms with Crippen molar-refractivity contribution in [2.75, 3.05) is 19.6 Å². The molecule has 1 saturated heterocycles. The number of carbonyl (C=O) groups is 4. The van der Waals surface area contributed by atoms with Crippen LogP contribution in [0, 0.1) is 25.7 Å². The monoisotopic (exact) mass is 476 g/mol. The number of rotatable bonds is 10. The molecule has 0 unspecified atom stereocenters. The number of imide groups is 1. The molecule has 1 aromatic rings. The third kappa shape index (κ3) is 6.55. The number of aromatic nitrogens is 2. The van der Waals surface area contributed by atoms with Crippen molar-refractivity contribution in [2.45, 2.75) is 71.3 Å². The Kier molecular flexibility index (Phi) is 9.03. The quantitative estimate of drug-likeness (QED) is 0.228. The van der Waals surface area contributed by atoms with Crippen molar-refractivity contribution in [3.63, 3.8) is 0 Å². The molecule has 0 spiro atoms. The van der Waals surface area contributed by atoms with Gasteiger partial charge in [-0.2, -0.15) is 5.10 Å². The fraction of sp³-hybridized carbons (Fsp3) is 0.696. The molecule has 1 saturated carbocycles. The highest BCUT2D eigenvalue weighted by molar-refractivity contribution is 5.99. The van der Waals surface area contributed by atoms with Gasteiger partial charge in [-0.05, 0) is 51.0 Å².